The van der Waals surface area contributed by atoms with Gasteiger partial charge in [0.15, 0.2) is 0 Å². The zero-order valence-electron chi connectivity index (χ0n) is 15.3. The molecule has 0 unspecified atom stereocenters. The first-order valence-electron chi connectivity index (χ1n) is 8.93. The summed E-state index contributed by atoms with van der Waals surface area (Å²) in [6, 6.07) is 16.7. The Morgan fingerprint density at radius 1 is 1.04 bits per heavy atom. The van der Waals surface area contributed by atoms with Crippen LogP contribution in [0.1, 0.15) is 5.56 Å². The van der Waals surface area contributed by atoms with Gasteiger partial charge in [0.05, 0.1) is 6.54 Å². The molecule has 6 nitrogen and oxygen atoms in total. The molecule has 2 aromatic carbocycles. The third-order valence-corrected chi connectivity index (χ3v) is 6.46. The maximum absolute atomic E-state index is 12.5. The molecule has 1 saturated heterocycles. The van der Waals surface area contributed by atoms with Crippen molar-refractivity contribution in [1.82, 2.24) is 9.21 Å². The first-order valence-corrected chi connectivity index (χ1v) is 11.2. The van der Waals surface area contributed by atoms with E-state index in [1.165, 1.54) is 9.71 Å². The van der Waals surface area contributed by atoms with Crippen LogP contribution in [0.25, 0.3) is 6.08 Å². The van der Waals surface area contributed by atoms with Gasteiger partial charge in [-0.15, -0.1) is 0 Å². The molecule has 1 amide bonds. The van der Waals surface area contributed by atoms with Crippen LogP contribution in [0.15, 0.2) is 64.5 Å². The van der Waals surface area contributed by atoms with Gasteiger partial charge in [0.1, 0.15) is 0 Å². The van der Waals surface area contributed by atoms with Gasteiger partial charge in [-0.25, -0.2) is 8.42 Å². The van der Waals surface area contributed by atoms with Crippen LogP contribution in [0.4, 0.5) is 5.69 Å². The largest absolute Gasteiger partial charge is 0.325 e. The Balaban J connectivity index is 1.49. The monoisotopic (exact) mass is 463 g/mol. The zero-order chi connectivity index (χ0) is 20.0. The molecule has 0 spiro atoms. The molecule has 0 bridgehead atoms. The SMILES string of the molecule is O=C(CN1CCN(S(=O)(=O)C=Cc2ccccc2)CC1)Nc1cccc(Br)c1. The first-order chi connectivity index (χ1) is 13.4. The van der Waals surface area contributed by atoms with Gasteiger partial charge in [0.2, 0.25) is 15.9 Å². The van der Waals surface area contributed by atoms with E-state index in [0.717, 1.165) is 15.7 Å². The number of carbonyl (C=O) groups excluding carboxylic acids is 1. The third kappa shape index (κ3) is 6.00. The summed E-state index contributed by atoms with van der Waals surface area (Å²) in [5.74, 6) is -0.113. The summed E-state index contributed by atoms with van der Waals surface area (Å²) in [6.07, 6.45) is 1.60. The number of anilines is 1. The quantitative estimate of drug-likeness (QED) is 0.714. The Morgan fingerprint density at radius 2 is 1.75 bits per heavy atom. The second-order valence-corrected chi connectivity index (χ2v) is 9.23. The molecule has 1 aliphatic heterocycles. The third-order valence-electron chi connectivity index (χ3n) is 4.40. The van der Waals surface area contributed by atoms with E-state index in [1.807, 2.05) is 59.5 Å². The Hall–Kier alpha value is -2.00. The number of halogens is 1. The number of amides is 1. The van der Waals surface area contributed by atoms with Crippen LogP contribution in [0.2, 0.25) is 0 Å². The average molecular weight is 464 g/mol. The van der Waals surface area contributed by atoms with Crippen molar-refractivity contribution in [1.29, 1.82) is 0 Å². The van der Waals surface area contributed by atoms with Crippen LogP contribution in [0.5, 0.6) is 0 Å². The maximum Gasteiger partial charge on any atom is 0.238 e. The predicted molar refractivity (Wildman–Crippen MR) is 115 cm³/mol. The van der Waals surface area contributed by atoms with Crippen LogP contribution < -0.4 is 5.32 Å². The van der Waals surface area contributed by atoms with E-state index in [-0.39, 0.29) is 12.5 Å². The highest BCUT2D eigenvalue weighted by atomic mass is 79.9. The molecule has 1 N–H and O–H groups in total. The van der Waals surface area contributed by atoms with Crippen LogP contribution in [-0.2, 0) is 14.8 Å². The van der Waals surface area contributed by atoms with E-state index in [9.17, 15) is 13.2 Å². The minimum Gasteiger partial charge on any atom is -0.325 e. The van der Waals surface area contributed by atoms with Crippen molar-refractivity contribution >= 4 is 43.6 Å². The second-order valence-electron chi connectivity index (χ2n) is 6.49. The smallest absolute Gasteiger partial charge is 0.238 e. The Kier molecular flexibility index (Phi) is 7.01. The Morgan fingerprint density at radius 3 is 2.43 bits per heavy atom. The zero-order valence-corrected chi connectivity index (χ0v) is 17.7. The van der Waals surface area contributed by atoms with Crippen molar-refractivity contribution in [2.45, 2.75) is 0 Å². The molecule has 0 radical (unpaired) electrons. The number of sulfonamides is 1. The molecular weight excluding hydrogens is 442 g/mol. The van der Waals surface area contributed by atoms with Gasteiger partial charge in [-0.2, -0.15) is 4.31 Å². The normalized spacial score (nSPS) is 16.3. The van der Waals surface area contributed by atoms with Gasteiger partial charge in [-0.05, 0) is 29.8 Å². The Bertz CT molecular complexity index is 940. The van der Waals surface area contributed by atoms with E-state index in [1.54, 1.807) is 6.08 Å². The van der Waals surface area contributed by atoms with Crippen LogP contribution in [-0.4, -0.2) is 56.3 Å². The number of nitrogens with zero attached hydrogens (tertiary/aromatic N) is 2. The molecule has 0 aromatic heterocycles. The van der Waals surface area contributed by atoms with E-state index in [2.05, 4.69) is 21.2 Å². The lowest BCUT2D eigenvalue weighted by Crippen LogP contribution is -2.49. The molecule has 1 fully saturated rings. The van der Waals surface area contributed by atoms with Crippen molar-refractivity contribution < 1.29 is 13.2 Å². The van der Waals surface area contributed by atoms with Crippen LogP contribution in [0.3, 0.4) is 0 Å². The molecule has 1 heterocycles. The summed E-state index contributed by atoms with van der Waals surface area (Å²) in [6.45, 7) is 2.01. The molecule has 28 heavy (non-hydrogen) atoms. The van der Waals surface area contributed by atoms with Crippen molar-refractivity contribution in [3.63, 3.8) is 0 Å². The highest BCUT2D eigenvalue weighted by molar-refractivity contribution is 9.10. The van der Waals surface area contributed by atoms with Crippen LogP contribution >= 0.6 is 15.9 Å². The van der Waals surface area contributed by atoms with Gasteiger partial charge in [-0.1, -0.05) is 52.3 Å². The molecule has 3 rings (SSSR count). The molecule has 8 heteroatoms. The number of rotatable bonds is 6. The van der Waals surface area contributed by atoms with Crippen molar-refractivity contribution in [2.24, 2.45) is 0 Å². The van der Waals surface area contributed by atoms with Crippen molar-refractivity contribution in [2.75, 3.05) is 38.0 Å². The van der Waals surface area contributed by atoms with Crippen molar-refractivity contribution in [3.8, 4) is 0 Å². The average Bonchev–Trinajstić information content (AvgIpc) is 2.68. The summed E-state index contributed by atoms with van der Waals surface area (Å²) < 4.78 is 27.3. The summed E-state index contributed by atoms with van der Waals surface area (Å²) >= 11 is 3.37. The number of hydrogen-bond acceptors (Lipinski definition) is 4. The van der Waals surface area contributed by atoms with Crippen LogP contribution in [0, 0.1) is 0 Å². The lowest BCUT2D eigenvalue weighted by Gasteiger charge is -2.32. The molecular formula is C20H22BrN3O3S. The number of piperazine rings is 1. The fourth-order valence-electron chi connectivity index (χ4n) is 2.93. The molecule has 0 saturated carbocycles. The first kappa shape index (κ1) is 20.7. The highest BCUT2D eigenvalue weighted by Gasteiger charge is 2.25. The minimum absolute atomic E-state index is 0.113. The number of hydrogen-bond donors (Lipinski definition) is 1. The number of benzene rings is 2. The number of carbonyl (C=O) groups is 1. The topological polar surface area (TPSA) is 69.7 Å². The van der Waals surface area contributed by atoms with Gasteiger partial charge in [-0.3, -0.25) is 9.69 Å². The fourth-order valence-corrected chi connectivity index (χ4v) is 4.50. The van der Waals surface area contributed by atoms with Gasteiger partial charge in [0.25, 0.3) is 0 Å². The molecule has 0 atom stereocenters. The summed E-state index contributed by atoms with van der Waals surface area (Å²) in [7, 11) is -3.47. The lowest BCUT2D eigenvalue weighted by molar-refractivity contribution is -0.117. The standard InChI is InChI=1S/C20H22BrN3O3S/c21-18-7-4-8-19(15-18)22-20(25)16-23-10-12-24(13-11-23)28(26,27)14-9-17-5-2-1-3-6-17/h1-9,14-15H,10-13,16H2,(H,22,25). The molecule has 2 aromatic rings. The molecule has 1 aliphatic rings. The minimum atomic E-state index is -3.47. The summed E-state index contributed by atoms with van der Waals surface area (Å²) in [5, 5.41) is 4.10. The maximum atomic E-state index is 12.5. The van der Waals surface area contributed by atoms with E-state index < -0.39 is 10.0 Å². The highest BCUT2D eigenvalue weighted by Crippen LogP contribution is 2.16. The molecule has 0 aliphatic carbocycles. The lowest BCUT2D eigenvalue weighted by atomic mass is 10.2. The van der Waals surface area contributed by atoms with Gasteiger partial charge >= 0.3 is 0 Å². The molecule has 148 valence electrons. The van der Waals surface area contributed by atoms with E-state index in [4.69, 9.17) is 0 Å². The Labute approximate surface area is 174 Å². The fraction of sp³-hybridized carbons (Fsp3) is 0.250. The van der Waals surface area contributed by atoms with Gasteiger partial charge in [0, 0.05) is 41.7 Å². The predicted octanol–water partition coefficient (Wildman–Crippen LogP) is 3.01. The van der Waals surface area contributed by atoms with E-state index in [0.29, 0.717) is 26.2 Å². The number of nitrogens with one attached hydrogen (secondary N) is 1. The van der Waals surface area contributed by atoms with Crippen molar-refractivity contribution in [3.05, 3.63) is 70.0 Å². The van der Waals surface area contributed by atoms with Gasteiger partial charge < -0.3 is 5.32 Å². The summed E-state index contributed by atoms with van der Waals surface area (Å²) in [4.78, 5) is 14.2. The summed E-state index contributed by atoms with van der Waals surface area (Å²) in [5.41, 5.74) is 1.57. The second kappa shape index (κ2) is 9.47. The van der Waals surface area contributed by atoms with E-state index >= 15 is 0 Å².